The fourth-order valence-corrected chi connectivity index (χ4v) is 1.80. The summed E-state index contributed by atoms with van der Waals surface area (Å²) in [5.41, 5.74) is 5.28. The molecule has 0 amide bonds. The van der Waals surface area contributed by atoms with Gasteiger partial charge in [-0.25, -0.2) is 0 Å². The molecular formula is C10H21N3O. The molecule has 1 saturated heterocycles. The number of nitrogens with two attached hydrogens (primary N) is 1. The molecule has 0 aromatic heterocycles. The topological polar surface area (TPSA) is 62.3 Å². The summed E-state index contributed by atoms with van der Waals surface area (Å²) in [7, 11) is 0. The average molecular weight is 199 g/mol. The minimum atomic E-state index is -0.0194. The molecule has 0 radical (unpaired) electrons. The lowest BCUT2D eigenvalue weighted by atomic mass is 10.1. The van der Waals surface area contributed by atoms with Crippen LogP contribution in [0.1, 0.15) is 26.7 Å². The summed E-state index contributed by atoms with van der Waals surface area (Å²) < 4.78 is 5.61. The molecule has 0 aromatic carbocycles. The Hall–Kier alpha value is -0.610. The molecule has 0 aromatic rings. The summed E-state index contributed by atoms with van der Waals surface area (Å²) in [6.07, 6.45) is 1.68. The van der Waals surface area contributed by atoms with Crippen LogP contribution in [0.15, 0.2) is 0 Å². The van der Waals surface area contributed by atoms with E-state index in [-0.39, 0.29) is 11.4 Å². The summed E-state index contributed by atoms with van der Waals surface area (Å²) in [6, 6.07) is 0. The van der Waals surface area contributed by atoms with E-state index in [0.29, 0.717) is 6.42 Å². The highest BCUT2D eigenvalue weighted by Crippen LogP contribution is 2.16. The van der Waals surface area contributed by atoms with Crippen molar-refractivity contribution in [3.63, 3.8) is 0 Å². The fourth-order valence-electron chi connectivity index (χ4n) is 1.80. The van der Waals surface area contributed by atoms with E-state index in [1.165, 1.54) is 0 Å². The lowest BCUT2D eigenvalue weighted by Crippen LogP contribution is -2.48. The first-order valence-corrected chi connectivity index (χ1v) is 5.19. The van der Waals surface area contributed by atoms with Crippen molar-refractivity contribution in [2.24, 2.45) is 5.73 Å². The van der Waals surface area contributed by atoms with Crippen LogP contribution in [-0.2, 0) is 4.74 Å². The average Bonchev–Trinajstić information content (AvgIpc) is 2.01. The van der Waals surface area contributed by atoms with E-state index in [1.807, 2.05) is 0 Å². The third-order valence-corrected chi connectivity index (χ3v) is 2.43. The lowest BCUT2D eigenvalue weighted by molar-refractivity contribution is -0.0859. The standard InChI is InChI=1S/C10H21N3O/c1-10(2)8-13(6-7-14-10)5-3-4-9(11)12/h3-8H2,1-2H3,(H3,11,12). The zero-order chi connectivity index (χ0) is 10.6. The van der Waals surface area contributed by atoms with Gasteiger partial charge in [-0.2, -0.15) is 0 Å². The van der Waals surface area contributed by atoms with Gasteiger partial charge in [-0.3, -0.25) is 10.3 Å². The third-order valence-electron chi connectivity index (χ3n) is 2.43. The summed E-state index contributed by atoms with van der Waals surface area (Å²) >= 11 is 0. The number of nitrogens with one attached hydrogen (secondary N) is 1. The molecule has 0 saturated carbocycles. The van der Waals surface area contributed by atoms with Crippen molar-refractivity contribution in [1.82, 2.24) is 4.90 Å². The molecule has 0 unspecified atom stereocenters. The van der Waals surface area contributed by atoms with Gasteiger partial charge in [0.15, 0.2) is 0 Å². The van der Waals surface area contributed by atoms with Crippen molar-refractivity contribution in [2.45, 2.75) is 32.3 Å². The molecule has 14 heavy (non-hydrogen) atoms. The van der Waals surface area contributed by atoms with E-state index in [0.717, 1.165) is 32.7 Å². The van der Waals surface area contributed by atoms with Gasteiger partial charge in [0.05, 0.1) is 18.0 Å². The van der Waals surface area contributed by atoms with Crippen molar-refractivity contribution < 1.29 is 4.74 Å². The van der Waals surface area contributed by atoms with E-state index < -0.39 is 0 Å². The van der Waals surface area contributed by atoms with Crippen molar-refractivity contribution in [3.8, 4) is 0 Å². The number of amidine groups is 1. The van der Waals surface area contributed by atoms with Gasteiger partial charge in [0.25, 0.3) is 0 Å². The van der Waals surface area contributed by atoms with Crippen molar-refractivity contribution in [1.29, 1.82) is 5.41 Å². The van der Waals surface area contributed by atoms with Crippen LogP contribution in [0.25, 0.3) is 0 Å². The molecule has 1 aliphatic rings. The Morgan fingerprint density at radius 3 is 2.86 bits per heavy atom. The Labute approximate surface area is 85.9 Å². The lowest BCUT2D eigenvalue weighted by Gasteiger charge is -2.38. The Morgan fingerprint density at radius 1 is 1.57 bits per heavy atom. The molecule has 3 N–H and O–H groups in total. The second-order valence-corrected chi connectivity index (χ2v) is 4.51. The van der Waals surface area contributed by atoms with Crippen molar-refractivity contribution in [3.05, 3.63) is 0 Å². The smallest absolute Gasteiger partial charge is 0.0905 e. The summed E-state index contributed by atoms with van der Waals surface area (Å²) in [6.45, 7) is 8.04. The number of morpholine rings is 1. The number of rotatable bonds is 4. The normalized spacial score (nSPS) is 22.1. The van der Waals surface area contributed by atoms with Gasteiger partial charge < -0.3 is 10.5 Å². The third kappa shape index (κ3) is 4.07. The monoisotopic (exact) mass is 199 g/mol. The van der Waals surface area contributed by atoms with E-state index in [9.17, 15) is 0 Å². The summed E-state index contributed by atoms with van der Waals surface area (Å²) in [4.78, 5) is 2.38. The second kappa shape index (κ2) is 4.75. The van der Waals surface area contributed by atoms with Crippen LogP contribution in [0.4, 0.5) is 0 Å². The Balaban J connectivity index is 2.21. The van der Waals surface area contributed by atoms with Gasteiger partial charge in [0.1, 0.15) is 0 Å². The zero-order valence-corrected chi connectivity index (χ0v) is 9.18. The largest absolute Gasteiger partial charge is 0.388 e. The predicted octanol–water partition coefficient (Wildman–Crippen LogP) is 0.813. The van der Waals surface area contributed by atoms with Crippen LogP contribution in [0, 0.1) is 5.41 Å². The molecule has 82 valence electrons. The Kier molecular flexibility index (Phi) is 3.89. The van der Waals surface area contributed by atoms with E-state index in [2.05, 4.69) is 18.7 Å². The maximum atomic E-state index is 7.12. The van der Waals surface area contributed by atoms with Gasteiger partial charge in [-0.1, -0.05) is 0 Å². The summed E-state index contributed by atoms with van der Waals surface area (Å²) in [5, 5.41) is 7.12. The number of hydrogen-bond acceptors (Lipinski definition) is 3. The SMILES string of the molecule is CC1(C)CN(CCCC(=N)N)CCO1. The highest BCUT2D eigenvalue weighted by Gasteiger charge is 2.26. The molecule has 0 bridgehead atoms. The molecule has 1 heterocycles. The molecule has 4 heteroatoms. The Morgan fingerprint density at radius 2 is 2.29 bits per heavy atom. The second-order valence-electron chi connectivity index (χ2n) is 4.51. The fraction of sp³-hybridized carbons (Fsp3) is 0.900. The van der Waals surface area contributed by atoms with Crippen molar-refractivity contribution in [2.75, 3.05) is 26.2 Å². The molecule has 0 atom stereocenters. The van der Waals surface area contributed by atoms with Crippen LogP contribution < -0.4 is 5.73 Å². The Bertz CT molecular complexity index is 204. The predicted molar refractivity (Wildman–Crippen MR) is 57.6 cm³/mol. The number of nitrogens with zero attached hydrogens (tertiary/aromatic N) is 1. The van der Waals surface area contributed by atoms with Crippen LogP contribution in [-0.4, -0.2) is 42.6 Å². The quantitative estimate of drug-likeness (QED) is 0.520. The van der Waals surface area contributed by atoms with Gasteiger partial charge in [-0.05, 0) is 26.8 Å². The minimum absolute atomic E-state index is 0.0194. The molecule has 1 rings (SSSR count). The van der Waals surface area contributed by atoms with Crippen LogP contribution in [0.3, 0.4) is 0 Å². The minimum Gasteiger partial charge on any atom is -0.388 e. The molecule has 0 aliphatic carbocycles. The van der Waals surface area contributed by atoms with Gasteiger partial charge in [0.2, 0.25) is 0 Å². The first kappa shape index (κ1) is 11.5. The van der Waals surface area contributed by atoms with Gasteiger partial charge in [-0.15, -0.1) is 0 Å². The van der Waals surface area contributed by atoms with Crippen LogP contribution in [0.2, 0.25) is 0 Å². The van der Waals surface area contributed by atoms with Crippen LogP contribution in [0.5, 0.6) is 0 Å². The molecule has 0 spiro atoms. The van der Waals surface area contributed by atoms with Crippen LogP contribution >= 0.6 is 0 Å². The maximum Gasteiger partial charge on any atom is 0.0905 e. The summed E-state index contributed by atoms with van der Waals surface area (Å²) in [5.74, 6) is 0.289. The molecule has 1 aliphatic heterocycles. The zero-order valence-electron chi connectivity index (χ0n) is 9.18. The number of hydrogen-bond donors (Lipinski definition) is 2. The molecule has 4 nitrogen and oxygen atoms in total. The molecule has 1 fully saturated rings. The highest BCUT2D eigenvalue weighted by molar-refractivity contribution is 5.76. The first-order chi connectivity index (χ1) is 6.49. The van der Waals surface area contributed by atoms with Crippen molar-refractivity contribution >= 4 is 5.84 Å². The van der Waals surface area contributed by atoms with E-state index in [1.54, 1.807) is 0 Å². The molecular weight excluding hydrogens is 178 g/mol. The van der Waals surface area contributed by atoms with Gasteiger partial charge in [0, 0.05) is 19.5 Å². The van der Waals surface area contributed by atoms with Gasteiger partial charge >= 0.3 is 0 Å². The maximum absolute atomic E-state index is 7.12. The highest BCUT2D eigenvalue weighted by atomic mass is 16.5. The van der Waals surface area contributed by atoms with E-state index >= 15 is 0 Å². The van der Waals surface area contributed by atoms with E-state index in [4.69, 9.17) is 15.9 Å². The first-order valence-electron chi connectivity index (χ1n) is 5.19. The number of ether oxygens (including phenoxy) is 1.